The molecule has 68 valence electrons. The Morgan fingerprint density at radius 1 is 1.38 bits per heavy atom. The Kier molecular flexibility index (Phi) is 3.71. The van der Waals surface area contributed by atoms with Crippen LogP contribution in [0.2, 0.25) is 0 Å². The maximum atomic E-state index is 10.9. The average Bonchev–Trinajstić information content (AvgIpc) is 2.19. The molecule has 0 aromatic heterocycles. The van der Waals surface area contributed by atoms with Crippen molar-refractivity contribution in [1.82, 2.24) is 0 Å². The molecule has 0 saturated carbocycles. The van der Waals surface area contributed by atoms with E-state index < -0.39 is 0 Å². The summed E-state index contributed by atoms with van der Waals surface area (Å²) in [6.45, 7) is 0. The lowest BCUT2D eigenvalue weighted by molar-refractivity contribution is -0.134. The van der Waals surface area contributed by atoms with E-state index in [9.17, 15) is 4.79 Å². The molecule has 0 fully saturated rings. The van der Waals surface area contributed by atoms with Crippen molar-refractivity contribution in [2.45, 2.75) is 0 Å². The molecular weight excluding hydrogens is 232 g/mol. The van der Waals surface area contributed by atoms with Crippen molar-refractivity contribution >= 4 is 26.4 Å². The van der Waals surface area contributed by atoms with Crippen LogP contribution in [0.1, 0.15) is 5.56 Å². The van der Waals surface area contributed by atoms with Crippen LogP contribution in [-0.2, 0) is 9.53 Å². The van der Waals surface area contributed by atoms with Crippen molar-refractivity contribution in [2.75, 3.05) is 7.11 Å². The number of rotatable bonds is 2. The predicted molar refractivity (Wildman–Crippen MR) is 55.4 cm³/mol. The number of carbonyl (C=O) groups is 1. The fourth-order valence-corrected chi connectivity index (χ4v) is 1.29. The first-order valence-corrected chi connectivity index (χ1v) is 4.54. The summed E-state index contributed by atoms with van der Waals surface area (Å²) in [6.07, 6.45) is 1.40. The third-order valence-corrected chi connectivity index (χ3v) is 2.18. The van der Waals surface area contributed by atoms with Gasteiger partial charge < -0.3 is 4.74 Å². The number of benzene rings is 1. The Hall–Kier alpha value is -1.09. The molecule has 0 N–H and O–H groups in total. The van der Waals surface area contributed by atoms with Crippen LogP contribution >= 0.6 is 15.9 Å². The third-order valence-electron chi connectivity index (χ3n) is 1.50. The molecule has 0 atom stereocenters. The lowest BCUT2D eigenvalue weighted by Gasteiger charge is -1.97. The minimum Gasteiger partial charge on any atom is -0.466 e. The molecule has 1 aromatic carbocycles. The molecular formula is C10H9BrO2. The first kappa shape index (κ1) is 9.99. The van der Waals surface area contributed by atoms with Gasteiger partial charge in [0.1, 0.15) is 0 Å². The monoisotopic (exact) mass is 240 g/mol. The Morgan fingerprint density at radius 2 is 2.00 bits per heavy atom. The van der Waals surface area contributed by atoms with E-state index in [2.05, 4.69) is 20.7 Å². The lowest BCUT2D eigenvalue weighted by Crippen LogP contribution is -1.94. The van der Waals surface area contributed by atoms with E-state index in [-0.39, 0.29) is 5.97 Å². The standard InChI is InChI=1S/C10H9BrO2/c1-13-10(12)7-9(11)8-5-3-2-4-6-8/h2-7H,1H3/b9-7-. The van der Waals surface area contributed by atoms with E-state index in [4.69, 9.17) is 0 Å². The molecule has 0 spiro atoms. The molecule has 0 aliphatic rings. The van der Waals surface area contributed by atoms with E-state index in [1.807, 2.05) is 30.3 Å². The minimum absolute atomic E-state index is 0.365. The van der Waals surface area contributed by atoms with Crippen molar-refractivity contribution in [3.8, 4) is 0 Å². The molecule has 1 rings (SSSR count). The second kappa shape index (κ2) is 4.82. The molecule has 0 aliphatic carbocycles. The van der Waals surface area contributed by atoms with Crippen LogP contribution in [0.4, 0.5) is 0 Å². The first-order chi connectivity index (χ1) is 6.24. The van der Waals surface area contributed by atoms with Gasteiger partial charge in [0.05, 0.1) is 7.11 Å². The zero-order chi connectivity index (χ0) is 9.68. The second-order valence-corrected chi connectivity index (χ2v) is 3.24. The van der Waals surface area contributed by atoms with E-state index >= 15 is 0 Å². The number of carbonyl (C=O) groups excluding carboxylic acids is 1. The topological polar surface area (TPSA) is 26.3 Å². The van der Waals surface area contributed by atoms with E-state index in [0.717, 1.165) is 10.0 Å². The zero-order valence-corrected chi connectivity index (χ0v) is 8.74. The van der Waals surface area contributed by atoms with Crippen molar-refractivity contribution in [2.24, 2.45) is 0 Å². The smallest absolute Gasteiger partial charge is 0.331 e. The molecule has 3 heteroatoms. The van der Waals surface area contributed by atoms with Gasteiger partial charge in [0.15, 0.2) is 0 Å². The molecule has 2 nitrogen and oxygen atoms in total. The maximum absolute atomic E-state index is 10.9. The Morgan fingerprint density at radius 3 is 2.54 bits per heavy atom. The van der Waals surface area contributed by atoms with Crippen LogP contribution < -0.4 is 0 Å². The van der Waals surface area contributed by atoms with Crippen LogP contribution in [0.3, 0.4) is 0 Å². The lowest BCUT2D eigenvalue weighted by atomic mass is 10.2. The summed E-state index contributed by atoms with van der Waals surface area (Å²) in [4.78, 5) is 10.9. The molecule has 0 radical (unpaired) electrons. The van der Waals surface area contributed by atoms with Gasteiger partial charge in [0.25, 0.3) is 0 Å². The van der Waals surface area contributed by atoms with Crippen LogP contribution in [0.5, 0.6) is 0 Å². The largest absolute Gasteiger partial charge is 0.466 e. The highest BCUT2D eigenvalue weighted by Crippen LogP contribution is 2.20. The van der Waals surface area contributed by atoms with Crippen molar-refractivity contribution in [3.63, 3.8) is 0 Å². The van der Waals surface area contributed by atoms with Gasteiger partial charge >= 0.3 is 5.97 Å². The summed E-state index contributed by atoms with van der Waals surface area (Å²) in [5.41, 5.74) is 0.952. The predicted octanol–water partition coefficient (Wildman–Crippen LogP) is 2.60. The quantitative estimate of drug-likeness (QED) is 0.587. The first-order valence-electron chi connectivity index (χ1n) is 3.74. The molecule has 0 bridgehead atoms. The van der Waals surface area contributed by atoms with E-state index in [1.165, 1.54) is 13.2 Å². The van der Waals surface area contributed by atoms with Gasteiger partial charge in [0, 0.05) is 10.6 Å². The van der Waals surface area contributed by atoms with Gasteiger partial charge in [0.2, 0.25) is 0 Å². The molecule has 0 aliphatic heterocycles. The normalized spacial score (nSPS) is 11.1. The van der Waals surface area contributed by atoms with Gasteiger partial charge in [-0.3, -0.25) is 0 Å². The van der Waals surface area contributed by atoms with E-state index in [1.54, 1.807) is 0 Å². The zero-order valence-electron chi connectivity index (χ0n) is 7.16. The number of hydrogen-bond acceptors (Lipinski definition) is 2. The van der Waals surface area contributed by atoms with Crippen molar-refractivity contribution < 1.29 is 9.53 Å². The summed E-state index contributed by atoms with van der Waals surface area (Å²) in [6, 6.07) is 9.54. The second-order valence-electron chi connectivity index (χ2n) is 2.38. The summed E-state index contributed by atoms with van der Waals surface area (Å²) in [5, 5.41) is 0. The maximum Gasteiger partial charge on any atom is 0.331 e. The SMILES string of the molecule is COC(=O)/C=C(\Br)c1ccccc1. The molecule has 0 heterocycles. The van der Waals surface area contributed by atoms with Crippen LogP contribution in [0.25, 0.3) is 4.48 Å². The fourth-order valence-electron chi connectivity index (χ4n) is 0.843. The summed E-state index contributed by atoms with van der Waals surface area (Å²) in [7, 11) is 1.35. The molecule has 0 saturated heterocycles. The summed E-state index contributed by atoms with van der Waals surface area (Å²) >= 11 is 3.29. The van der Waals surface area contributed by atoms with Crippen LogP contribution in [-0.4, -0.2) is 13.1 Å². The highest BCUT2D eigenvalue weighted by Gasteiger charge is 1.99. The van der Waals surface area contributed by atoms with Crippen molar-refractivity contribution in [1.29, 1.82) is 0 Å². The Labute approximate surface area is 85.3 Å². The highest BCUT2D eigenvalue weighted by molar-refractivity contribution is 9.15. The number of esters is 1. The van der Waals surface area contributed by atoms with Gasteiger partial charge in [-0.05, 0) is 21.5 Å². The van der Waals surface area contributed by atoms with Crippen molar-refractivity contribution in [3.05, 3.63) is 42.0 Å². The fraction of sp³-hybridized carbons (Fsp3) is 0.100. The van der Waals surface area contributed by atoms with Gasteiger partial charge in [-0.2, -0.15) is 0 Å². The Balaban J connectivity index is 2.85. The third kappa shape index (κ3) is 3.03. The molecule has 0 amide bonds. The Bertz CT molecular complexity index is 317. The average molecular weight is 241 g/mol. The number of methoxy groups -OCH3 is 1. The van der Waals surface area contributed by atoms with Crippen LogP contribution in [0.15, 0.2) is 36.4 Å². The number of halogens is 1. The highest BCUT2D eigenvalue weighted by atomic mass is 79.9. The summed E-state index contributed by atoms with van der Waals surface area (Å²) < 4.78 is 5.22. The number of hydrogen-bond donors (Lipinski definition) is 0. The van der Waals surface area contributed by atoms with E-state index in [0.29, 0.717) is 0 Å². The summed E-state index contributed by atoms with van der Waals surface area (Å²) in [5.74, 6) is -0.365. The molecule has 1 aromatic rings. The molecule has 0 unspecified atom stereocenters. The van der Waals surface area contributed by atoms with Gasteiger partial charge in [-0.1, -0.05) is 30.3 Å². The minimum atomic E-state index is -0.365. The number of ether oxygens (including phenoxy) is 1. The van der Waals surface area contributed by atoms with Crippen LogP contribution in [0, 0.1) is 0 Å². The van der Waals surface area contributed by atoms with Gasteiger partial charge in [-0.25, -0.2) is 4.79 Å². The molecule has 13 heavy (non-hydrogen) atoms. The van der Waals surface area contributed by atoms with Gasteiger partial charge in [-0.15, -0.1) is 0 Å².